The molecule has 0 aromatic heterocycles. The fourth-order valence-corrected chi connectivity index (χ4v) is 3.33. The van der Waals surface area contributed by atoms with Crippen LogP contribution in [0.5, 0.6) is 0 Å². The highest BCUT2D eigenvalue weighted by molar-refractivity contribution is 6.33. The van der Waals surface area contributed by atoms with E-state index in [0.717, 1.165) is 15.6 Å². The van der Waals surface area contributed by atoms with Crippen LogP contribution in [0.2, 0.25) is 10.0 Å². The lowest BCUT2D eigenvalue weighted by Crippen LogP contribution is -2.30. The Morgan fingerprint density at radius 2 is 2.06 bits per heavy atom. The van der Waals surface area contributed by atoms with Gasteiger partial charge in [0, 0.05) is 22.1 Å². The Labute approximate surface area is 120 Å². The number of benzene rings is 1. The zero-order valence-corrected chi connectivity index (χ0v) is 12.8. The quantitative estimate of drug-likeness (QED) is 0.803. The van der Waals surface area contributed by atoms with Crippen molar-refractivity contribution < 1.29 is 0 Å². The molecule has 1 nitrogen and oxygen atoms in total. The monoisotopic (exact) mass is 285 g/mol. The molecular weight excluding hydrogens is 265 g/mol. The smallest absolute Gasteiger partial charge is 0.0454 e. The van der Waals surface area contributed by atoms with E-state index in [4.69, 9.17) is 23.2 Å². The molecule has 0 heterocycles. The third kappa shape index (κ3) is 3.40. The zero-order chi connectivity index (χ0) is 13.3. The SMILES string of the molecule is CC(NC1CCC(C)(C)C1)c1cc(Cl)ccc1Cl. The zero-order valence-electron chi connectivity index (χ0n) is 11.3. The average molecular weight is 286 g/mol. The van der Waals surface area contributed by atoms with Gasteiger partial charge in [-0.1, -0.05) is 37.0 Å². The first-order valence-electron chi connectivity index (χ1n) is 6.58. The Bertz CT molecular complexity index is 429. The molecule has 18 heavy (non-hydrogen) atoms. The third-order valence-corrected chi connectivity index (χ3v) is 4.46. The summed E-state index contributed by atoms with van der Waals surface area (Å²) in [7, 11) is 0. The van der Waals surface area contributed by atoms with E-state index in [1.165, 1.54) is 19.3 Å². The molecule has 1 N–H and O–H groups in total. The summed E-state index contributed by atoms with van der Waals surface area (Å²) in [5.41, 5.74) is 1.56. The topological polar surface area (TPSA) is 12.0 Å². The van der Waals surface area contributed by atoms with Crippen LogP contribution < -0.4 is 5.32 Å². The van der Waals surface area contributed by atoms with Crippen molar-refractivity contribution in [3.63, 3.8) is 0 Å². The molecule has 2 atom stereocenters. The van der Waals surface area contributed by atoms with Crippen molar-refractivity contribution in [2.45, 2.75) is 52.1 Å². The fourth-order valence-electron chi connectivity index (χ4n) is 2.87. The Kier molecular flexibility index (Phi) is 4.25. The number of halogens is 2. The maximum Gasteiger partial charge on any atom is 0.0454 e. The van der Waals surface area contributed by atoms with Crippen molar-refractivity contribution >= 4 is 23.2 Å². The molecule has 1 aromatic carbocycles. The third-order valence-electron chi connectivity index (χ3n) is 3.88. The molecule has 0 bridgehead atoms. The summed E-state index contributed by atoms with van der Waals surface area (Å²) in [6.07, 6.45) is 3.77. The normalized spacial score (nSPS) is 24.2. The highest BCUT2D eigenvalue weighted by atomic mass is 35.5. The van der Waals surface area contributed by atoms with E-state index < -0.39 is 0 Å². The van der Waals surface area contributed by atoms with Crippen LogP contribution in [0.1, 0.15) is 51.6 Å². The van der Waals surface area contributed by atoms with Crippen LogP contribution in [-0.2, 0) is 0 Å². The van der Waals surface area contributed by atoms with Gasteiger partial charge < -0.3 is 5.32 Å². The summed E-state index contributed by atoms with van der Waals surface area (Å²) in [5, 5.41) is 5.21. The summed E-state index contributed by atoms with van der Waals surface area (Å²) < 4.78 is 0. The van der Waals surface area contributed by atoms with Crippen LogP contribution in [0.25, 0.3) is 0 Å². The molecule has 0 saturated heterocycles. The van der Waals surface area contributed by atoms with E-state index in [-0.39, 0.29) is 6.04 Å². The Morgan fingerprint density at radius 1 is 1.33 bits per heavy atom. The van der Waals surface area contributed by atoms with Gasteiger partial charge in [-0.25, -0.2) is 0 Å². The van der Waals surface area contributed by atoms with Crippen LogP contribution >= 0.6 is 23.2 Å². The lowest BCUT2D eigenvalue weighted by atomic mass is 9.91. The molecule has 3 heteroatoms. The maximum absolute atomic E-state index is 6.23. The average Bonchev–Trinajstić information content (AvgIpc) is 2.61. The van der Waals surface area contributed by atoms with E-state index in [9.17, 15) is 0 Å². The van der Waals surface area contributed by atoms with Gasteiger partial charge in [0.05, 0.1) is 0 Å². The molecule has 1 fully saturated rings. The first-order valence-corrected chi connectivity index (χ1v) is 7.34. The van der Waals surface area contributed by atoms with E-state index in [0.29, 0.717) is 11.5 Å². The molecule has 0 amide bonds. The Balaban J connectivity index is 2.04. The lowest BCUT2D eigenvalue weighted by molar-refractivity contribution is 0.356. The van der Waals surface area contributed by atoms with E-state index in [2.05, 4.69) is 26.1 Å². The van der Waals surface area contributed by atoms with Crippen LogP contribution in [0.4, 0.5) is 0 Å². The Morgan fingerprint density at radius 3 is 2.67 bits per heavy atom. The van der Waals surface area contributed by atoms with Crippen molar-refractivity contribution in [2.24, 2.45) is 5.41 Å². The van der Waals surface area contributed by atoms with Crippen molar-refractivity contribution in [1.82, 2.24) is 5.32 Å². The van der Waals surface area contributed by atoms with Gasteiger partial charge in [-0.15, -0.1) is 0 Å². The van der Waals surface area contributed by atoms with Crippen LogP contribution in [0.15, 0.2) is 18.2 Å². The van der Waals surface area contributed by atoms with E-state index in [1.54, 1.807) is 0 Å². The summed E-state index contributed by atoms with van der Waals surface area (Å²) in [6.45, 7) is 6.83. The second-order valence-corrected chi connectivity index (χ2v) is 7.00. The van der Waals surface area contributed by atoms with E-state index >= 15 is 0 Å². The molecule has 2 unspecified atom stereocenters. The van der Waals surface area contributed by atoms with Crippen molar-refractivity contribution in [2.75, 3.05) is 0 Å². The maximum atomic E-state index is 6.23. The van der Waals surface area contributed by atoms with Crippen LogP contribution in [0, 0.1) is 5.41 Å². The molecule has 2 rings (SSSR count). The van der Waals surface area contributed by atoms with Gasteiger partial charge in [0.1, 0.15) is 0 Å². The molecule has 1 aliphatic carbocycles. The van der Waals surface area contributed by atoms with Gasteiger partial charge in [-0.2, -0.15) is 0 Å². The van der Waals surface area contributed by atoms with Crippen LogP contribution in [-0.4, -0.2) is 6.04 Å². The first kappa shape index (κ1) is 14.2. The second kappa shape index (κ2) is 5.40. The highest BCUT2D eigenvalue weighted by Crippen LogP contribution is 2.38. The largest absolute Gasteiger partial charge is 0.307 e. The van der Waals surface area contributed by atoms with Gasteiger partial charge in [0.15, 0.2) is 0 Å². The summed E-state index contributed by atoms with van der Waals surface area (Å²) >= 11 is 12.3. The summed E-state index contributed by atoms with van der Waals surface area (Å²) in [5.74, 6) is 0. The molecule has 1 aromatic rings. The van der Waals surface area contributed by atoms with Gasteiger partial charge in [-0.3, -0.25) is 0 Å². The van der Waals surface area contributed by atoms with Gasteiger partial charge in [-0.05, 0) is 55.4 Å². The van der Waals surface area contributed by atoms with Gasteiger partial charge in [0.2, 0.25) is 0 Å². The second-order valence-electron chi connectivity index (χ2n) is 6.16. The minimum absolute atomic E-state index is 0.245. The fraction of sp³-hybridized carbons (Fsp3) is 0.600. The first-order chi connectivity index (χ1) is 8.37. The minimum Gasteiger partial charge on any atom is -0.307 e. The Hall–Kier alpha value is -0.240. The molecule has 0 radical (unpaired) electrons. The summed E-state index contributed by atoms with van der Waals surface area (Å²) in [4.78, 5) is 0. The van der Waals surface area contributed by atoms with Gasteiger partial charge in [0.25, 0.3) is 0 Å². The molecule has 0 aliphatic heterocycles. The number of hydrogen-bond donors (Lipinski definition) is 1. The van der Waals surface area contributed by atoms with Crippen LogP contribution in [0.3, 0.4) is 0 Å². The van der Waals surface area contributed by atoms with E-state index in [1.807, 2.05) is 18.2 Å². The highest BCUT2D eigenvalue weighted by Gasteiger charge is 2.31. The molecule has 1 saturated carbocycles. The molecule has 0 spiro atoms. The standard InChI is InChI=1S/C15H21Cl2N/c1-10(13-8-11(16)4-5-14(13)17)18-12-6-7-15(2,3)9-12/h4-5,8,10,12,18H,6-7,9H2,1-3H3. The molecular formula is C15H21Cl2N. The molecule has 100 valence electrons. The minimum atomic E-state index is 0.245. The number of nitrogens with one attached hydrogen (secondary N) is 1. The lowest BCUT2D eigenvalue weighted by Gasteiger charge is -2.22. The summed E-state index contributed by atoms with van der Waals surface area (Å²) in [6, 6.07) is 6.50. The predicted octanol–water partition coefficient (Wildman–Crippen LogP) is 5.22. The predicted molar refractivity (Wildman–Crippen MR) is 79.4 cm³/mol. The van der Waals surface area contributed by atoms with Crippen molar-refractivity contribution in [1.29, 1.82) is 0 Å². The van der Waals surface area contributed by atoms with Crippen molar-refractivity contribution in [3.05, 3.63) is 33.8 Å². The number of rotatable bonds is 3. The van der Waals surface area contributed by atoms with Gasteiger partial charge >= 0.3 is 0 Å². The number of hydrogen-bond acceptors (Lipinski definition) is 1. The van der Waals surface area contributed by atoms with Crippen molar-refractivity contribution in [3.8, 4) is 0 Å². The molecule has 1 aliphatic rings.